The standard InChI is InChI=1S/C4H6O/c1-2-4-3-5-4/h3-4H,1-2H2. The summed E-state index contributed by atoms with van der Waals surface area (Å²) in [5.41, 5.74) is 0. The van der Waals surface area contributed by atoms with Crippen LogP contribution in [0, 0.1) is 13.5 Å². The van der Waals surface area contributed by atoms with E-state index in [9.17, 15) is 0 Å². The summed E-state index contributed by atoms with van der Waals surface area (Å²) in [5.74, 6) is 0. The molecule has 1 heterocycles. The van der Waals surface area contributed by atoms with Gasteiger partial charge in [0.1, 0.15) is 6.61 Å². The second-order valence-electron chi connectivity index (χ2n) is 1.10. The smallest absolute Gasteiger partial charge is 0.113 e. The molecule has 1 atom stereocenters. The second-order valence-corrected chi connectivity index (χ2v) is 1.10. The molecule has 1 nitrogen and oxygen atoms in total. The Hall–Kier alpha value is -0.0400. The number of hydrogen-bond donors (Lipinski definition) is 0. The fourth-order valence-corrected chi connectivity index (χ4v) is 0.192. The Kier molecular flexibility index (Phi) is 0.618. The van der Waals surface area contributed by atoms with Gasteiger partial charge in [0, 0.05) is 0 Å². The lowest BCUT2D eigenvalue weighted by molar-refractivity contribution is 0.426. The van der Waals surface area contributed by atoms with E-state index in [1.165, 1.54) is 0 Å². The Morgan fingerprint density at radius 2 is 2.60 bits per heavy atom. The molecule has 5 heavy (non-hydrogen) atoms. The number of hydrogen-bond acceptors (Lipinski definition) is 1. The second kappa shape index (κ2) is 0.977. The van der Waals surface area contributed by atoms with Gasteiger partial charge in [0.05, 0.1) is 6.10 Å². The minimum atomic E-state index is 0.398. The van der Waals surface area contributed by atoms with Crippen molar-refractivity contribution in [3.63, 3.8) is 0 Å². The number of epoxide rings is 1. The van der Waals surface area contributed by atoms with Crippen molar-refractivity contribution in [1.29, 1.82) is 0 Å². The summed E-state index contributed by atoms with van der Waals surface area (Å²) in [6.07, 6.45) is 1.29. The third kappa shape index (κ3) is 0.618. The van der Waals surface area contributed by atoms with Crippen molar-refractivity contribution in [3.05, 3.63) is 13.5 Å². The Balaban J connectivity index is 2.00. The van der Waals surface area contributed by atoms with Gasteiger partial charge in [0.2, 0.25) is 0 Å². The van der Waals surface area contributed by atoms with E-state index in [1.54, 1.807) is 6.61 Å². The fraction of sp³-hybridized carbons (Fsp3) is 0.500. The molecule has 1 rings (SSSR count). The van der Waals surface area contributed by atoms with Crippen molar-refractivity contribution < 1.29 is 4.74 Å². The summed E-state index contributed by atoms with van der Waals surface area (Å²) < 4.78 is 4.67. The number of rotatable bonds is 1. The SMILES string of the molecule is [CH2]CC1[CH]O1. The van der Waals surface area contributed by atoms with E-state index in [0.717, 1.165) is 6.42 Å². The zero-order valence-electron chi connectivity index (χ0n) is 2.98. The van der Waals surface area contributed by atoms with E-state index in [0.29, 0.717) is 6.10 Å². The molecular formula is C4H6O. The molecule has 0 aromatic heterocycles. The van der Waals surface area contributed by atoms with E-state index < -0.39 is 0 Å². The molecule has 1 aliphatic rings. The van der Waals surface area contributed by atoms with Gasteiger partial charge in [-0.3, -0.25) is 0 Å². The molecule has 0 N–H and O–H groups in total. The van der Waals surface area contributed by atoms with Crippen molar-refractivity contribution in [1.82, 2.24) is 0 Å². The highest BCUT2D eigenvalue weighted by Gasteiger charge is 2.19. The van der Waals surface area contributed by atoms with Gasteiger partial charge in [-0.15, -0.1) is 0 Å². The van der Waals surface area contributed by atoms with Crippen molar-refractivity contribution in [3.8, 4) is 0 Å². The Labute approximate surface area is 31.9 Å². The molecule has 0 spiro atoms. The van der Waals surface area contributed by atoms with Crippen molar-refractivity contribution in [2.45, 2.75) is 12.5 Å². The van der Waals surface area contributed by atoms with E-state index in [2.05, 4.69) is 11.7 Å². The van der Waals surface area contributed by atoms with Gasteiger partial charge >= 0.3 is 0 Å². The summed E-state index contributed by atoms with van der Waals surface area (Å²) in [4.78, 5) is 0. The van der Waals surface area contributed by atoms with E-state index >= 15 is 0 Å². The average Bonchev–Trinajstić information content (AvgIpc) is 2.12. The topological polar surface area (TPSA) is 12.5 Å². The van der Waals surface area contributed by atoms with Gasteiger partial charge in [-0.05, 0) is 6.42 Å². The third-order valence-corrected chi connectivity index (χ3v) is 0.613. The molecule has 2 radical (unpaired) electrons. The van der Waals surface area contributed by atoms with Crippen LogP contribution in [0.3, 0.4) is 0 Å². The highest BCUT2D eigenvalue weighted by molar-refractivity contribution is 4.82. The van der Waals surface area contributed by atoms with Crippen LogP contribution < -0.4 is 0 Å². The Bertz CT molecular complexity index is 30.6. The van der Waals surface area contributed by atoms with E-state index in [4.69, 9.17) is 0 Å². The lowest BCUT2D eigenvalue weighted by Crippen LogP contribution is -1.71. The van der Waals surface area contributed by atoms with Gasteiger partial charge in [-0.1, -0.05) is 6.92 Å². The van der Waals surface area contributed by atoms with Gasteiger partial charge in [-0.2, -0.15) is 0 Å². The van der Waals surface area contributed by atoms with Crippen LogP contribution in [0.15, 0.2) is 0 Å². The molecule has 0 aliphatic carbocycles. The van der Waals surface area contributed by atoms with Gasteiger partial charge in [0.25, 0.3) is 0 Å². The zero-order chi connectivity index (χ0) is 3.70. The monoisotopic (exact) mass is 70.0 g/mol. The first kappa shape index (κ1) is 3.16. The molecule has 0 saturated carbocycles. The quantitative estimate of drug-likeness (QED) is 0.415. The van der Waals surface area contributed by atoms with Gasteiger partial charge < -0.3 is 4.74 Å². The zero-order valence-corrected chi connectivity index (χ0v) is 2.98. The highest BCUT2D eigenvalue weighted by Crippen LogP contribution is 2.17. The van der Waals surface area contributed by atoms with Gasteiger partial charge in [-0.25, -0.2) is 0 Å². The molecule has 1 aliphatic heterocycles. The Morgan fingerprint density at radius 3 is 2.60 bits per heavy atom. The van der Waals surface area contributed by atoms with E-state index in [-0.39, 0.29) is 0 Å². The maximum absolute atomic E-state index is 4.67. The average molecular weight is 70.1 g/mol. The molecule has 1 saturated heterocycles. The summed E-state index contributed by atoms with van der Waals surface area (Å²) in [6.45, 7) is 5.38. The van der Waals surface area contributed by atoms with E-state index in [1.807, 2.05) is 0 Å². The predicted molar refractivity (Wildman–Crippen MR) is 19.1 cm³/mol. The highest BCUT2D eigenvalue weighted by atomic mass is 16.6. The van der Waals surface area contributed by atoms with Crippen LogP contribution in [0.5, 0.6) is 0 Å². The van der Waals surface area contributed by atoms with Crippen LogP contribution in [-0.2, 0) is 4.74 Å². The first-order chi connectivity index (χ1) is 2.43. The lowest BCUT2D eigenvalue weighted by atomic mass is 10.4. The minimum Gasteiger partial charge on any atom is -0.367 e. The van der Waals surface area contributed by atoms with Crippen LogP contribution >= 0.6 is 0 Å². The summed E-state index contributed by atoms with van der Waals surface area (Å²) in [5, 5.41) is 0. The predicted octanol–water partition coefficient (Wildman–Crippen LogP) is 0.771. The van der Waals surface area contributed by atoms with Crippen molar-refractivity contribution in [2.24, 2.45) is 0 Å². The Morgan fingerprint density at radius 1 is 2.00 bits per heavy atom. The molecule has 0 aromatic carbocycles. The molecular weight excluding hydrogens is 64.0 g/mol. The summed E-state index contributed by atoms with van der Waals surface area (Å²) >= 11 is 0. The van der Waals surface area contributed by atoms with Crippen LogP contribution in [0.25, 0.3) is 0 Å². The molecule has 1 heteroatoms. The maximum Gasteiger partial charge on any atom is 0.113 e. The van der Waals surface area contributed by atoms with Crippen LogP contribution in [0.4, 0.5) is 0 Å². The first-order valence-electron chi connectivity index (χ1n) is 1.71. The van der Waals surface area contributed by atoms with Crippen LogP contribution in [-0.4, -0.2) is 6.10 Å². The fourth-order valence-electron chi connectivity index (χ4n) is 0.192. The summed E-state index contributed by atoms with van der Waals surface area (Å²) in [6, 6.07) is 0. The summed E-state index contributed by atoms with van der Waals surface area (Å²) in [7, 11) is 0. The third-order valence-electron chi connectivity index (χ3n) is 0.613. The maximum atomic E-state index is 4.67. The van der Waals surface area contributed by atoms with Crippen LogP contribution in [0.1, 0.15) is 6.42 Å². The molecule has 28 valence electrons. The minimum absolute atomic E-state index is 0.398. The molecule has 0 bridgehead atoms. The lowest BCUT2D eigenvalue weighted by Gasteiger charge is -1.68. The first-order valence-corrected chi connectivity index (χ1v) is 1.71. The van der Waals surface area contributed by atoms with Crippen LogP contribution in [0.2, 0.25) is 0 Å². The van der Waals surface area contributed by atoms with Crippen molar-refractivity contribution >= 4 is 0 Å². The largest absolute Gasteiger partial charge is 0.367 e. The molecule has 1 unspecified atom stereocenters. The van der Waals surface area contributed by atoms with Crippen molar-refractivity contribution in [2.75, 3.05) is 0 Å². The molecule has 1 fully saturated rings. The van der Waals surface area contributed by atoms with Gasteiger partial charge in [0.15, 0.2) is 0 Å². The molecule has 0 aromatic rings. The normalized spacial score (nSPS) is 34.2. The number of ether oxygens (including phenoxy) is 1. The molecule has 0 amide bonds.